The quantitative estimate of drug-likeness (QED) is 0.702. The Morgan fingerprint density at radius 2 is 1.88 bits per heavy atom. The summed E-state index contributed by atoms with van der Waals surface area (Å²) in [6, 6.07) is 12.2. The number of nitrogens with zero attached hydrogens (tertiary/aromatic N) is 3. The first-order valence-electron chi connectivity index (χ1n) is 7.88. The monoisotopic (exact) mass is 399 g/mol. The smallest absolute Gasteiger partial charge is 0.261 e. The van der Waals surface area contributed by atoms with E-state index in [-0.39, 0.29) is 11.3 Å². The fourth-order valence-corrected chi connectivity index (χ4v) is 2.73. The van der Waals surface area contributed by atoms with E-state index in [1.54, 1.807) is 29.7 Å². The molecule has 1 aromatic heterocycles. The van der Waals surface area contributed by atoms with Crippen LogP contribution in [0.25, 0.3) is 10.9 Å². The highest BCUT2D eigenvalue weighted by atomic mass is 79.9. The molecule has 0 unspecified atom stereocenters. The molecule has 0 saturated carbocycles. The van der Waals surface area contributed by atoms with Crippen molar-refractivity contribution in [1.82, 2.24) is 9.55 Å². The van der Waals surface area contributed by atoms with Crippen molar-refractivity contribution in [1.29, 1.82) is 5.26 Å². The molecule has 0 amide bonds. The van der Waals surface area contributed by atoms with Crippen molar-refractivity contribution in [3.8, 4) is 11.8 Å². The minimum Gasteiger partial charge on any atom is -0.507 e. The van der Waals surface area contributed by atoms with Gasteiger partial charge in [-0.3, -0.25) is 9.36 Å². The molecule has 1 N–H and O–H groups in total. The van der Waals surface area contributed by atoms with E-state index in [1.807, 2.05) is 26.0 Å². The Bertz CT molecular complexity index is 1000. The third-order valence-corrected chi connectivity index (χ3v) is 4.27. The third-order valence-electron chi connectivity index (χ3n) is 3.64. The lowest BCUT2D eigenvalue weighted by molar-refractivity contribution is 0.472. The van der Waals surface area contributed by atoms with E-state index in [4.69, 9.17) is 5.26 Å². The van der Waals surface area contributed by atoms with Crippen LogP contribution in [0.1, 0.15) is 30.8 Å². The number of aromatic nitrogens is 2. The van der Waals surface area contributed by atoms with Gasteiger partial charge in [-0.25, -0.2) is 4.98 Å². The van der Waals surface area contributed by atoms with E-state index in [0.29, 0.717) is 33.3 Å². The van der Waals surface area contributed by atoms with E-state index in [1.165, 1.54) is 6.07 Å². The Kier molecular flexibility index (Phi) is 5.94. The molecule has 0 aliphatic heterocycles. The minimum atomic E-state index is -0.209. The molecule has 0 aliphatic rings. The number of halogens is 1. The van der Waals surface area contributed by atoms with Crippen molar-refractivity contribution in [2.24, 2.45) is 0 Å². The van der Waals surface area contributed by atoms with Gasteiger partial charge in [-0.1, -0.05) is 26.0 Å². The second kappa shape index (κ2) is 7.95. The number of benzene rings is 2. The van der Waals surface area contributed by atoms with Crippen molar-refractivity contribution < 1.29 is 5.11 Å². The standard InChI is InChI=1S/C17H12BrN3O2.C2H6/c1-10-20-15-7-14(18)16(22)6-13(15)17(23)21(10)9-12-4-2-11(8-19)3-5-12;1-2/h2-7,22H,9H2,1H3;1-2H3. The van der Waals surface area contributed by atoms with Crippen LogP contribution in [-0.4, -0.2) is 14.7 Å². The molecule has 0 radical (unpaired) electrons. The lowest BCUT2D eigenvalue weighted by Gasteiger charge is -2.11. The van der Waals surface area contributed by atoms with Gasteiger partial charge in [0.05, 0.1) is 33.6 Å². The highest BCUT2D eigenvalue weighted by Gasteiger charge is 2.11. The average molecular weight is 400 g/mol. The van der Waals surface area contributed by atoms with E-state index in [9.17, 15) is 9.90 Å². The molecule has 3 rings (SSSR count). The van der Waals surface area contributed by atoms with Gasteiger partial charge in [0.1, 0.15) is 11.6 Å². The van der Waals surface area contributed by atoms with Gasteiger partial charge in [0, 0.05) is 0 Å². The summed E-state index contributed by atoms with van der Waals surface area (Å²) in [5.41, 5.74) is 1.80. The van der Waals surface area contributed by atoms with Crippen LogP contribution < -0.4 is 5.56 Å². The molecule has 0 fully saturated rings. The van der Waals surface area contributed by atoms with E-state index < -0.39 is 0 Å². The number of phenols is 1. The van der Waals surface area contributed by atoms with Gasteiger partial charge in [0.25, 0.3) is 5.56 Å². The Hall–Kier alpha value is -2.65. The van der Waals surface area contributed by atoms with Crippen molar-refractivity contribution >= 4 is 26.8 Å². The molecule has 0 bridgehead atoms. The molecule has 0 aliphatic carbocycles. The number of rotatable bonds is 2. The second-order valence-electron chi connectivity index (χ2n) is 5.18. The molecule has 0 saturated heterocycles. The lowest BCUT2D eigenvalue weighted by Crippen LogP contribution is -2.24. The molecule has 0 spiro atoms. The van der Waals surface area contributed by atoms with Crippen molar-refractivity contribution in [3.05, 3.63) is 68.2 Å². The zero-order chi connectivity index (χ0) is 18.6. The number of hydrogen-bond acceptors (Lipinski definition) is 4. The predicted molar refractivity (Wildman–Crippen MR) is 102 cm³/mol. The molecular formula is C19H18BrN3O2. The SMILES string of the molecule is CC.Cc1nc2cc(Br)c(O)cc2c(=O)n1Cc1ccc(C#N)cc1. The molecule has 1 heterocycles. The normalized spacial score (nSPS) is 10.0. The number of nitriles is 1. The fraction of sp³-hybridized carbons (Fsp3) is 0.211. The van der Waals surface area contributed by atoms with Crippen molar-refractivity contribution in [2.75, 3.05) is 0 Å². The highest BCUT2D eigenvalue weighted by Crippen LogP contribution is 2.27. The first-order valence-corrected chi connectivity index (χ1v) is 8.67. The predicted octanol–water partition coefficient (Wildman–Crippen LogP) is 4.12. The summed E-state index contributed by atoms with van der Waals surface area (Å²) < 4.78 is 2.05. The van der Waals surface area contributed by atoms with Crippen LogP contribution in [0.2, 0.25) is 0 Å². The molecule has 3 aromatic rings. The van der Waals surface area contributed by atoms with Crippen LogP contribution in [-0.2, 0) is 6.54 Å². The summed E-state index contributed by atoms with van der Waals surface area (Å²) in [6.45, 7) is 6.13. The maximum absolute atomic E-state index is 12.7. The van der Waals surface area contributed by atoms with Gasteiger partial charge in [-0.2, -0.15) is 5.26 Å². The molecule has 5 nitrogen and oxygen atoms in total. The summed E-state index contributed by atoms with van der Waals surface area (Å²) in [4.78, 5) is 17.1. The zero-order valence-electron chi connectivity index (χ0n) is 14.2. The number of hydrogen-bond donors (Lipinski definition) is 1. The molecule has 128 valence electrons. The first-order chi connectivity index (χ1) is 12.0. The number of aromatic hydroxyl groups is 1. The number of fused-ring (bicyclic) bond motifs is 1. The largest absolute Gasteiger partial charge is 0.507 e. The summed E-state index contributed by atoms with van der Waals surface area (Å²) in [7, 11) is 0. The minimum absolute atomic E-state index is 0.00479. The Labute approximate surface area is 154 Å². The van der Waals surface area contributed by atoms with Gasteiger partial charge in [-0.05, 0) is 52.7 Å². The summed E-state index contributed by atoms with van der Waals surface area (Å²) >= 11 is 3.23. The zero-order valence-corrected chi connectivity index (χ0v) is 15.8. The summed E-state index contributed by atoms with van der Waals surface area (Å²) in [6.07, 6.45) is 0. The highest BCUT2D eigenvalue weighted by molar-refractivity contribution is 9.10. The number of aryl methyl sites for hydroxylation is 1. The first kappa shape index (κ1) is 18.7. The van der Waals surface area contributed by atoms with E-state index in [0.717, 1.165) is 5.56 Å². The molecule has 2 aromatic carbocycles. The van der Waals surface area contributed by atoms with Gasteiger partial charge in [-0.15, -0.1) is 0 Å². The van der Waals surface area contributed by atoms with Gasteiger partial charge < -0.3 is 5.11 Å². The molecule has 6 heteroatoms. The molecular weight excluding hydrogens is 382 g/mol. The molecule has 25 heavy (non-hydrogen) atoms. The van der Waals surface area contributed by atoms with Crippen LogP contribution in [0.4, 0.5) is 0 Å². The van der Waals surface area contributed by atoms with Crippen LogP contribution >= 0.6 is 15.9 Å². The molecule has 0 atom stereocenters. The lowest BCUT2D eigenvalue weighted by atomic mass is 10.1. The number of phenolic OH excluding ortho intramolecular Hbond substituents is 1. The van der Waals surface area contributed by atoms with E-state index >= 15 is 0 Å². The third kappa shape index (κ3) is 3.89. The Morgan fingerprint density at radius 1 is 1.24 bits per heavy atom. The maximum atomic E-state index is 12.7. The summed E-state index contributed by atoms with van der Waals surface area (Å²) in [5, 5.41) is 19.0. The van der Waals surface area contributed by atoms with Gasteiger partial charge in [0.15, 0.2) is 0 Å². The second-order valence-corrected chi connectivity index (χ2v) is 6.03. The summed E-state index contributed by atoms with van der Waals surface area (Å²) in [5.74, 6) is 0.592. The maximum Gasteiger partial charge on any atom is 0.261 e. The van der Waals surface area contributed by atoms with Crippen LogP contribution in [0, 0.1) is 18.3 Å². The average Bonchev–Trinajstić information content (AvgIpc) is 2.63. The van der Waals surface area contributed by atoms with E-state index in [2.05, 4.69) is 27.0 Å². The topological polar surface area (TPSA) is 78.9 Å². The van der Waals surface area contributed by atoms with Crippen LogP contribution in [0.15, 0.2) is 45.7 Å². The Morgan fingerprint density at radius 3 is 2.48 bits per heavy atom. The Balaban J connectivity index is 0.00000109. The van der Waals surface area contributed by atoms with Crippen LogP contribution in [0.3, 0.4) is 0 Å². The van der Waals surface area contributed by atoms with Gasteiger partial charge >= 0.3 is 0 Å². The fourth-order valence-electron chi connectivity index (χ4n) is 2.40. The van der Waals surface area contributed by atoms with Gasteiger partial charge in [0.2, 0.25) is 0 Å². The van der Waals surface area contributed by atoms with Crippen molar-refractivity contribution in [3.63, 3.8) is 0 Å². The van der Waals surface area contributed by atoms with Crippen LogP contribution in [0.5, 0.6) is 5.75 Å². The van der Waals surface area contributed by atoms with Crippen molar-refractivity contribution in [2.45, 2.75) is 27.3 Å².